The summed E-state index contributed by atoms with van der Waals surface area (Å²) in [6.45, 7) is 0.453. The zero-order valence-electron chi connectivity index (χ0n) is 9.05. The molecule has 16 heavy (non-hydrogen) atoms. The van der Waals surface area contributed by atoms with Gasteiger partial charge in [-0.1, -0.05) is 11.6 Å². The first-order valence-corrected chi connectivity index (χ1v) is 7.77. The van der Waals surface area contributed by atoms with Gasteiger partial charge in [-0.15, -0.1) is 0 Å². The van der Waals surface area contributed by atoms with Crippen LogP contribution in [0.3, 0.4) is 0 Å². The van der Waals surface area contributed by atoms with Gasteiger partial charge < -0.3 is 0 Å². The Morgan fingerprint density at radius 3 is 2.81 bits per heavy atom. The van der Waals surface area contributed by atoms with Crippen molar-refractivity contribution in [3.05, 3.63) is 23.5 Å². The van der Waals surface area contributed by atoms with Crippen molar-refractivity contribution in [3.63, 3.8) is 0 Å². The first kappa shape index (κ1) is 13.8. The Hall–Kier alpha value is -0.300. The molecular weight excluding hydrogens is 268 g/mol. The Morgan fingerprint density at radius 2 is 2.25 bits per heavy atom. The van der Waals surface area contributed by atoms with Gasteiger partial charge in [0, 0.05) is 25.5 Å². The first-order chi connectivity index (χ1) is 7.50. The Kier molecular flexibility index (Phi) is 5.04. The quantitative estimate of drug-likeness (QED) is 0.771. The lowest BCUT2D eigenvalue weighted by molar-refractivity contribution is 0.488. The summed E-state index contributed by atoms with van der Waals surface area (Å²) < 4.78 is 25.4. The van der Waals surface area contributed by atoms with Crippen molar-refractivity contribution in [2.75, 3.05) is 25.6 Å². The number of nitrogens with zero attached hydrogens (tertiary/aromatic N) is 2. The van der Waals surface area contributed by atoms with Crippen molar-refractivity contribution >= 4 is 33.4 Å². The lowest BCUT2D eigenvalue weighted by Gasteiger charge is -2.16. The Balaban J connectivity index is 2.98. The molecule has 7 heteroatoms. The highest BCUT2D eigenvalue weighted by atomic mass is 35.5. The molecule has 0 aliphatic carbocycles. The zero-order chi connectivity index (χ0) is 12.2. The third-order valence-electron chi connectivity index (χ3n) is 2.02. The second-order valence-corrected chi connectivity index (χ2v) is 6.47. The summed E-state index contributed by atoms with van der Waals surface area (Å²) in [5, 5.41) is 0.0125. The molecule has 0 amide bonds. The number of halogens is 1. The van der Waals surface area contributed by atoms with Gasteiger partial charge in [0.1, 0.15) is 10.0 Å². The Labute approximate surface area is 105 Å². The predicted octanol–water partition coefficient (Wildman–Crippen LogP) is 1.72. The molecule has 0 radical (unpaired) electrons. The van der Waals surface area contributed by atoms with Gasteiger partial charge in [-0.2, -0.15) is 11.8 Å². The minimum Gasteiger partial charge on any atom is -0.243 e. The highest BCUT2D eigenvalue weighted by molar-refractivity contribution is 7.98. The molecule has 0 N–H and O–H groups in total. The maximum atomic E-state index is 12.1. The summed E-state index contributed by atoms with van der Waals surface area (Å²) in [5.41, 5.74) is 0. The normalized spacial score (nSPS) is 12.0. The summed E-state index contributed by atoms with van der Waals surface area (Å²) >= 11 is 7.36. The maximum absolute atomic E-state index is 12.1. The molecule has 0 saturated heterocycles. The molecule has 0 bridgehead atoms. The van der Waals surface area contributed by atoms with Crippen molar-refractivity contribution in [3.8, 4) is 0 Å². The SMILES string of the molecule is CSCCN(C)S(=O)(=O)c1cccnc1Cl. The number of hydrogen-bond acceptors (Lipinski definition) is 4. The minimum absolute atomic E-state index is 0.0125. The molecule has 0 aliphatic heterocycles. The number of hydrogen-bond donors (Lipinski definition) is 0. The molecule has 0 unspecified atom stereocenters. The molecule has 1 heterocycles. The maximum Gasteiger partial charge on any atom is 0.245 e. The molecule has 0 spiro atoms. The highest BCUT2D eigenvalue weighted by Gasteiger charge is 2.23. The third-order valence-corrected chi connectivity index (χ3v) is 4.92. The smallest absolute Gasteiger partial charge is 0.243 e. The summed E-state index contributed by atoms with van der Waals surface area (Å²) in [6.07, 6.45) is 3.39. The fourth-order valence-corrected chi connectivity index (χ4v) is 3.24. The fourth-order valence-electron chi connectivity index (χ4n) is 1.07. The molecule has 0 atom stereocenters. The summed E-state index contributed by atoms with van der Waals surface area (Å²) in [6, 6.07) is 3.02. The van der Waals surface area contributed by atoms with Gasteiger partial charge in [0.05, 0.1) is 0 Å². The molecule has 0 aromatic carbocycles. The topological polar surface area (TPSA) is 50.3 Å². The number of thioether (sulfide) groups is 1. The standard InChI is InChI=1S/C9H13ClN2O2S2/c1-12(6-7-15-2)16(13,14)8-4-3-5-11-9(8)10/h3-5H,6-7H2,1-2H3. The van der Waals surface area contributed by atoms with Crippen LogP contribution < -0.4 is 0 Å². The van der Waals surface area contributed by atoms with Gasteiger partial charge in [-0.3, -0.25) is 0 Å². The molecule has 0 fully saturated rings. The predicted molar refractivity (Wildman–Crippen MR) is 67.4 cm³/mol. The molecule has 1 rings (SSSR count). The molecule has 1 aromatic heterocycles. The van der Waals surface area contributed by atoms with Gasteiger partial charge in [-0.25, -0.2) is 17.7 Å². The van der Waals surface area contributed by atoms with E-state index in [1.165, 1.54) is 23.6 Å². The van der Waals surface area contributed by atoms with Crippen molar-refractivity contribution in [2.45, 2.75) is 4.90 Å². The summed E-state index contributed by atoms with van der Waals surface area (Å²) in [4.78, 5) is 3.82. The van der Waals surface area contributed by atoms with Crippen LogP contribution in [-0.2, 0) is 10.0 Å². The molecule has 4 nitrogen and oxygen atoms in total. The van der Waals surface area contributed by atoms with Crippen molar-refractivity contribution in [1.82, 2.24) is 9.29 Å². The van der Waals surface area contributed by atoms with Gasteiger partial charge in [0.15, 0.2) is 0 Å². The molecule has 0 saturated carbocycles. The first-order valence-electron chi connectivity index (χ1n) is 4.56. The zero-order valence-corrected chi connectivity index (χ0v) is 11.4. The van der Waals surface area contributed by atoms with Crippen LogP contribution in [0.15, 0.2) is 23.2 Å². The Bertz CT molecular complexity index is 451. The van der Waals surface area contributed by atoms with Crippen LogP contribution in [0, 0.1) is 0 Å². The van der Waals surface area contributed by atoms with Crippen LogP contribution in [0.5, 0.6) is 0 Å². The number of aromatic nitrogens is 1. The van der Waals surface area contributed by atoms with Crippen LogP contribution in [0.1, 0.15) is 0 Å². The van der Waals surface area contributed by atoms with E-state index in [4.69, 9.17) is 11.6 Å². The van der Waals surface area contributed by atoms with E-state index in [-0.39, 0.29) is 10.0 Å². The number of rotatable bonds is 5. The van der Waals surface area contributed by atoms with Crippen LogP contribution in [0.2, 0.25) is 5.15 Å². The van der Waals surface area contributed by atoms with Gasteiger partial charge >= 0.3 is 0 Å². The molecule has 0 aliphatic rings. The van der Waals surface area contributed by atoms with E-state index in [1.54, 1.807) is 17.8 Å². The molecule has 90 valence electrons. The number of sulfonamides is 1. The van der Waals surface area contributed by atoms with Crippen molar-refractivity contribution in [1.29, 1.82) is 0 Å². The van der Waals surface area contributed by atoms with E-state index >= 15 is 0 Å². The second-order valence-electron chi connectivity index (χ2n) is 3.11. The molecule has 1 aromatic rings. The minimum atomic E-state index is -3.52. The lowest BCUT2D eigenvalue weighted by Crippen LogP contribution is -2.29. The lowest BCUT2D eigenvalue weighted by atomic mass is 10.5. The highest BCUT2D eigenvalue weighted by Crippen LogP contribution is 2.21. The average Bonchev–Trinajstić information content (AvgIpc) is 2.26. The van der Waals surface area contributed by atoms with Crippen LogP contribution in [0.25, 0.3) is 0 Å². The van der Waals surface area contributed by atoms with Gasteiger partial charge in [0.25, 0.3) is 0 Å². The summed E-state index contributed by atoms with van der Waals surface area (Å²) in [7, 11) is -1.98. The van der Waals surface area contributed by atoms with E-state index in [1.807, 2.05) is 6.26 Å². The van der Waals surface area contributed by atoms with Crippen molar-refractivity contribution in [2.24, 2.45) is 0 Å². The van der Waals surface area contributed by atoms with Crippen LogP contribution in [-0.4, -0.2) is 43.3 Å². The fraction of sp³-hybridized carbons (Fsp3) is 0.444. The van der Waals surface area contributed by atoms with E-state index in [0.717, 1.165) is 5.75 Å². The number of pyridine rings is 1. The van der Waals surface area contributed by atoms with Crippen LogP contribution in [0.4, 0.5) is 0 Å². The largest absolute Gasteiger partial charge is 0.245 e. The van der Waals surface area contributed by atoms with E-state index < -0.39 is 10.0 Å². The molecular formula is C9H13ClN2O2S2. The van der Waals surface area contributed by atoms with E-state index in [2.05, 4.69) is 4.98 Å². The Morgan fingerprint density at radius 1 is 1.56 bits per heavy atom. The third kappa shape index (κ3) is 3.10. The average molecular weight is 281 g/mol. The summed E-state index contributed by atoms with van der Waals surface area (Å²) in [5.74, 6) is 0.744. The van der Waals surface area contributed by atoms with Crippen LogP contribution >= 0.6 is 23.4 Å². The second kappa shape index (κ2) is 5.86. The van der Waals surface area contributed by atoms with E-state index in [0.29, 0.717) is 6.54 Å². The van der Waals surface area contributed by atoms with Crippen molar-refractivity contribution < 1.29 is 8.42 Å². The monoisotopic (exact) mass is 280 g/mol. The van der Waals surface area contributed by atoms with Gasteiger partial charge in [-0.05, 0) is 18.4 Å². The van der Waals surface area contributed by atoms with Gasteiger partial charge in [0.2, 0.25) is 10.0 Å². The van der Waals surface area contributed by atoms with E-state index in [9.17, 15) is 8.42 Å².